The molecule has 0 N–H and O–H groups in total. The summed E-state index contributed by atoms with van der Waals surface area (Å²) < 4.78 is 0. The molecule has 48 heavy (non-hydrogen) atoms. The van der Waals surface area contributed by atoms with Crippen molar-refractivity contribution in [1.82, 2.24) is 0 Å². The minimum atomic E-state index is 1.22. The van der Waals surface area contributed by atoms with E-state index < -0.39 is 0 Å². The third kappa shape index (κ3) is 4.24. The molecule has 0 spiro atoms. The molecule has 0 aliphatic heterocycles. The second-order valence-corrected chi connectivity index (χ2v) is 12.9. The van der Waals surface area contributed by atoms with Gasteiger partial charge in [0.2, 0.25) is 0 Å². The van der Waals surface area contributed by atoms with Gasteiger partial charge in [-0.1, -0.05) is 158 Å². The minimum Gasteiger partial charge on any atom is -0.0616 e. The molecule has 0 saturated carbocycles. The molecule has 0 unspecified atom stereocenters. The summed E-state index contributed by atoms with van der Waals surface area (Å²) in [4.78, 5) is 0. The van der Waals surface area contributed by atoms with Crippen LogP contribution in [0.2, 0.25) is 0 Å². The highest BCUT2D eigenvalue weighted by Gasteiger charge is 2.15. The molecule has 0 nitrogen and oxygen atoms in total. The van der Waals surface area contributed by atoms with Crippen LogP contribution in [0.4, 0.5) is 0 Å². The molecule has 0 radical (unpaired) electrons. The van der Waals surface area contributed by atoms with Crippen molar-refractivity contribution >= 4 is 64.6 Å². The van der Waals surface area contributed by atoms with Gasteiger partial charge in [0.05, 0.1) is 0 Å². The quantitative estimate of drug-likeness (QED) is 0.176. The fourth-order valence-electron chi connectivity index (χ4n) is 7.83. The van der Waals surface area contributed by atoms with Crippen molar-refractivity contribution in [2.45, 2.75) is 0 Å². The van der Waals surface area contributed by atoms with Crippen LogP contribution in [0.3, 0.4) is 0 Å². The highest BCUT2D eigenvalue weighted by Crippen LogP contribution is 2.42. The first-order valence-electron chi connectivity index (χ1n) is 16.7. The Hall–Kier alpha value is -6.24. The molecule has 0 saturated heterocycles. The van der Waals surface area contributed by atoms with E-state index in [0.29, 0.717) is 0 Å². The zero-order chi connectivity index (χ0) is 31.6. The molecule has 10 aromatic rings. The zero-order valence-electron chi connectivity index (χ0n) is 26.3. The van der Waals surface area contributed by atoms with Crippen molar-refractivity contribution in [2.24, 2.45) is 0 Å². The number of fused-ring (bicyclic) bond motifs is 9. The van der Waals surface area contributed by atoms with Crippen molar-refractivity contribution in [3.63, 3.8) is 0 Å². The summed E-state index contributed by atoms with van der Waals surface area (Å²) in [6.07, 6.45) is 0. The highest BCUT2D eigenvalue weighted by atomic mass is 14.2. The lowest BCUT2D eigenvalue weighted by molar-refractivity contribution is 1.64. The molecular weight excluding hydrogens is 577 g/mol. The average Bonchev–Trinajstić information content (AvgIpc) is 3.17. The number of rotatable bonds is 3. The monoisotopic (exact) mass is 606 g/mol. The Morgan fingerprint density at radius 2 is 0.562 bits per heavy atom. The molecule has 0 amide bonds. The number of hydrogen-bond donors (Lipinski definition) is 0. The van der Waals surface area contributed by atoms with Crippen LogP contribution in [0.5, 0.6) is 0 Å². The predicted octanol–water partition coefficient (Wildman–Crippen LogP) is 13.6. The van der Waals surface area contributed by atoms with Gasteiger partial charge in [-0.3, -0.25) is 0 Å². The Labute approximate surface area is 279 Å². The van der Waals surface area contributed by atoms with Gasteiger partial charge >= 0.3 is 0 Å². The smallest absolute Gasteiger partial charge is 0.00928 e. The Balaban J connectivity index is 1.24. The third-order valence-corrected chi connectivity index (χ3v) is 10.2. The lowest BCUT2D eigenvalue weighted by atomic mass is 9.87. The molecule has 0 heteroatoms. The summed E-state index contributed by atoms with van der Waals surface area (Å²) in [7, 11) is 0. The first-order chi connectivity index (χ1) is 23.8. The second kappa shape index (κ2) is 10.7. The lowest BCUT2D eigenvalue weighted by Crippen LogP contribution is -1.89. The van der Waals surface area contributed by atoms with E-state index in [1.165, 1.54) is 98.0 Å². The Bertz CT molecular complexity index is 2860. The second-order valence-electron chi connectivity index (χ2n) is 12.9. The largest absolute Gasteiger partial charge is 0.0616 e. The molecule has 10 aromatic carbocycles. The van der Waals surface area contributed by atoms with Crippen LogP contribution in [0, 0.1) is 0 Å². The Kier molecular flexibility index (Phi) is 5.98. The fourth-order valence-corrected chi connectivity index (χ4v) is 7.83. The molecule has 0 heterocycles. The van der Waals surface area contributed by atoms with E-state index in [-0.39, 0.29) is 0 Å². The number of hydrogen-bond acceptors (Lipinski definition) is 0. The van der Waals surface area contributed by atoms with Gasteiger partial charge in [-0.05, 0) is 122 Å². The van der Waals surface area contributed by atoms with E-state index in [1.54, 1.807) is 0 Å². The van der Waals surface area contributed by atoms with E-state index in [2.05, 4.69) is 182 Å². The van der Waals surface area contributed by atoms with E-state index in [9.17, 15) is 0 Å². The Morgan fingerprint density at radius 1 is 0.188 bits per heavy atom. The molecular formula is C48H30. The maximum Gasteiger partial charge on any atom is -0.00928 e. The summed E-state index contributed by atoms with van der Waals surface area (Å²) in [5, 5.41) is 15.3. The number of benzene rings is 10. The van der Waals surface area contributed by atoms with Crippen LogP contribution >= 0.6 is 0 Å². The van der Waals surface area contributed by atoms with Gasteiger partial charge in [-0.2, -0.15) is 0 Å². The van der Waals surface area contributed by atoms with Crippen LogP contribution in [0.15, 0.2) is 182 Å². The van der Waals surface area contributed by atoms with Gasteiger partial charge in [0.1, 0.15) is 0 Å². The topological polar surface area (TPSA) is 0 Å². The van der Waals surface area contributed by atoms with Crippen molar-refractivity contribution in [3.05, 3.63) is 182 Å². The van der Waals surface area contributed by atoms with Crippen LogP contribution in [-0.4, -0.2) is 0 Å². The summed E-state index contributed by atoms with van der Waals surface area (Å²) >= 11 is 0. The normalized spacial score (nSPS) is 11.8. The Morgan fingerprint density at radius 3 is 1.21 bits per heavy atom. The summed E-state index contributed by atoms with van der Waals surface area (Å²) in [5.41, 5.74) is 7.42. The summed E-state index contributed by atoms with van der Waals surface area (Å²) in [5.74, 6) is 0. The van der Waals surface area contributed by atoms with E-state index >= 15 is 0 Å². The molecule has 0 aliphatic rings. The summed E-state index contributed by atoms with van der Waals surface area (Å²) in [6.45, 7) is 0. The van der Waals surface area contributed by atoms with Crippen LogP contribution in [0.25, 0.3) is 98.0 Å². The first-order valence-corrected chi connectivity index (χ1v) is 16.7. The molecule has 222 valence electrons. The van der Waals surface area contributed by atoms with Gasteiger partial charge < -0.3 is 0 Å². The summed E-state index contributed by atoms with van der Waals surface area (Å²) in [6, 6.07) is 67.2. The van der Waals surface area contributed by atoms with Gasteiger partial charge in [-0.25, -0.2) is 0 Å². The van der Waals surface area contributed by atoms with Gasteiger partial charge in [0, 0.05) is 0 Å². The van der Waals surface area contributed by atoms with Crippen LogP contribution in [0.1, 0.15) is 0 Å². The predicted molar refractivity (Wildman–Crippen MR) is 208 cm³/mol. The molecule has 0 atom stereocenters. The van der Waals surface area contributed by atoms with Crippen molar-refractivity contribution in [1.29, 1.82) is 0 Å². The van der Waals surface area contributed by atoms with Crippen LogP contribution < -0.4 is 0 Å². The molecule has 0 aromatic heterocycles. The standard InChI is InChI=1S/C48H30/c1-3-11-33-27-35(19-17-31(33)9-1)36-21-23-45-39(37-20-18-32-10-2-4-12-34(32)28-37)25-26-40(47(45)29-36)38-22-24-46-43-15-6-5-13-41(43)42-14-7-8-16-44(42)48(46)30-38/h1-30H. The van der Waals surface area contributed by atoms with Gasteiger partial charge in [0.25, 0.3) is 0 Å². The highest BCUT2D eigenvalue weighted by molar-refractivity contribution is 6.26. The third-order valence-electron chi connectivity index (χ3n) is 10.2. The maximum atomic E-state index is 2.41. The van der Waals surface area contributed by atoms with E-state index in [1.807, 2.05) is 0 Å². The average molecular weight is 607 g/mol. The first kappa shape index (κ1) is 26.9. The van der Waals surface area contributed by atoms with Gasteiger partial charge in [-0.15, -0.1) is 0 Å². The van der Waals surface area contributed by atoms with Crippen molar-refractivity contribution in [3.8, 4) is 33.4 Å². The zero-order valence-corrected chi connectivity index (χ0v) is 26.3. The minimum absolute atomic E-state index is 1.22. The van der Waals surface area contributed by atoms with Crippen molar-refractivity contribution in [2.75, 3.05) is 0 Å². The SMILES string of the molecule is c1ccc2cc(-c3ccc4c(-c5ccc6ccccc6c5)ccc(-c5ccc6c7ccccc7c7ccccc7c6c5)c4c3)ccc2c1. The molecule has 10 rings (SSSR count). The molecule has 0 aliphatic carbocycles. The van der Waals surface area contributed by atoms with Crippen LogP contribution in [-0.2, 0) is 0 Å². The molecule has 0 bridgehead atoms. The van der Waals surface area contributed by atoms with E-state index in [0.717, 1.165) is 0 Å². The fraction of sp³-hybridized carbons (Fsp3) is 0. The lowest BCUT2D eigenvalue weighted by Gasteiger charge is -2.16. The van der Waals surface area contributed by atoms with E-state index in [4.69, 9.17) is 0 Å². The molecule has 0 fully saturated rings. The van der Waals surface area contributed by atoms with Gasteiger partial charge in [0.15, 0.2) is 0 Å². The maximum absolute atomic E-state index is 2.41. The van der Waals surface area contributed by atoms with Crippen molar-refractivity contribution < 1.29 is 0 Å².